The Kier molecular flexibility index (Phi) is 6.03. The van der Waals surface area contributed by atoms with E-state index in [9.17, 15) is 13.6 Å². The Balaban J connectivity index is 1.48. The summed E-state index contributed by atoms with van der Waals surface area (Å²) in [5.41, 5.74) is 2.16. The number of hydrogen-bond acceptors (Lipinski definition) is 4. The molecule has 1 amide bonds. The first-order chi connectivity index (χ1) is 14.6. The highest BCUT2D eigenvalue weighted by molar-refractivity contribution is 7.99. The Labute approximate surface area is 177 Å². The molecule has 4 rings (SSSR count). The van der Waals surface area contributed by atoms with Gasteiger partial charge in [-0.15, -0.1) is 0 Å². The molecule has 1 saturated heterocycles. The molecule has 1 aliphatic heterocycles. The van der Waals surface area contributed by atoms with E-state index in [1.54, 1.807) is 29.8 Å². The molecule has 1 aliphatic rings. The number of nitrogens with one attached hydrogen (secondary N) is 1. The van der Waals surface area contributed by atoms with Crippen molar-refractivity contribution in [2.75, 3.05) is 26.0 Å². The van der Waals surface area contributed by atoms with E-state index in [0.29, 0.717) is 48.0 Å². The monoisotopic (exact) mass is 429 g/mol. The molecule has 1 atom stereocenters. The van der Waals surface area contributed by atoms with E-state index in [1.807, 2.05) is 24.3 Å². The van der Waals surface area contributed by atoms with E-state index >= 15 is 0 Å². The summed E-state index contributed by atoms with van der Waals surface area (Å²) >= 11 is 1.54. The fraction of sp³-hybridized carbons (Fsp3) is 0.273. The van der Waals surface area contributed by atoms with Crippen LogP contribution in [0.25, 0.3) is 11.3 Å². The highest BCUT2D eigenvalue weighted by atomic mass is 32.2. The van der Waals surface area contributed by atoms with E-state index < -0.39 is 11.6 Å². The molecule has 0 spiro atoms. The molecule has 156 valence electrons. The number of para-hydroxylation sites is 1. The quantitative estimate of drug-likeness (QED) is 0.654. The molecule has 0 aliphatic carbocycles. The second-order valence-corrected chi connectivity index (χ2v) is 8.28. The van der Waals surface area contributed by atoms with Gasteiger partial charge < -0.3 is 9.64 Å². The Morgan fingerprint density at radius 1 is 1.20 bits per heavy atom. The zero-order chi connectivity index (χ0) is 21.1. The second kappa shape index (κ2) is 8.87. The molecule has 1 unspecified atom stereocenters. The first-order valence-corrected chi connectivity index (χ1v) is 10.7. The van der Waals surface area contributed by atoms with Crippen molar-refractivity contribution in [1.29, 1.82) is 0 Å². The first-order valence-electron chi connectivity index (χ1n) is 9.61. The molecule has 1 aromatic heterocycles. The highest BCUT2D eigenvalue weighted by Crippen LogP contribution is 2.36. The molecular formula is C22H21F2N3O2S. The molecule has 3 aromatic rings. The van der Waals surface area contributed by atoms with E-state index in [0.717, 1.165) is 17.7 Å². The lowest BCUT2D eigenvalue weighted by Crippen LogP contribution is -2.33. The summed E-state index contributed by atoms with van der Waals surface area (Å²) in [4.78, 5) is 14.7. The number of carbonyl (C=O) groups excluding carboxylic acids is 1. The molecule has 0 radical (unpaired) electrons. The minimum Gasteiger partial charge on any atom is -0.496 e. The third-order valence-corrected chi connectivity index (χ3v) is 6.44. The van der Waals surface area contributed by atoms with E-state index in [1.165, 1.54) is 6.07 Å². The number of hydrogen-bond donors (Lipinski definition) is 1. The van der Waals surface area contributed by atoms with E-state index in [2.05, 4.69) is 10.2 Å². The van der Waals surface area contributed by atoms with Gasteiger partial charge in [-0.05, 0) is 42.8 Å². The molecule has 5 nitrogen and oxygen atoms in total. The number of aromatic nitrogens is 2. The molecule has 0 saturated carbocycles. The maximum absolute atomic E-state index is 14.1. The van der Waals surface area contributed by atoms with Crippen LogP contribution in [-0.2, 0) is 0 Å². The molecule has 30 heavy (non-hydrogen) atoms. The summed E-state index contributed by atoms with van der Waals surface area (Å²) in [6.45, 7) is 0.982. The summed E-state index contributed by atoms with van der Waals surface area (Å²) < 4.78 is 33.1. The minimum absolute atomic E-state index is 0.162. The minimum atomic E-state index is -0.453. The number of halogens is 2. The van der Waals surface area contributed by atoms with Gasteiger partial charge >= 0.3 is 0 Å². The Morgan fingerprint density at radius 3 is 2.87 bits per heavy atom. The number of thioether (sulfide) groups is 1. The topological polar surface area (TPSA) is 58.2 Å². The molecular weight excluding hydrogens is 408 g/mol. The number of aromatic amines is 1. The molecule has 2 heterocycles. The van der Waals surface area contributed by atoms with Crippen molar-refractivity contribution in [3.05, 3.63) is 71.4 Å². The van der Waals surface area contributed by atoms with Gasteiger partial charge in [0.1, 0.15) is 23.1 Å². The van der Waals surface area contributed by atoms with Crippen LogP contribution in [0.3, 0.4) is 0 Å². The van der Waals surface area contributed by atoms with Crippen LogP contribution >= 0.6 is 11.8 Å². The van der Waals surface area contributed by atoms with Crippen LogP contribution in [0.4, 0.5) is 8.78 Å². The van der Waals surface area contributed by atoms with Gasteiger partial charge in [0.05, 0.1) is 12.8 Å². The summed E-state index contributed by atoms with van der Waals surface area (Å²) in [7, 11) is 1.59. The number of methoxy groups -OCH3 is 1. The number of ether oxygens (including phenoxy) is 1. The van der Waals surface area contributed by atoms with Gasteiger partial charge in [-0.25, -0.2) is 8.78 Å². The van der Waals surface area contributed by atoms with Gasteiger partial charge in [0.2, 0.25) is 0 Å². The molecule has 8 heteroatoms. The van der Waals surface area contributed by atoms with Crippen molar-refractivity contribution in [3.63, 3.8) is 0 Å². The maximum Gasteiger partial charge on any atom is 0.271 e. The highest BCUT2D eigenvalue weighted by Gasteiger charge is 2.26. The van der Waals surface area contributed by atoms with Crippen LogP contribution in [0.2, 0.25) is 0 Å². The van der Waals surface area contributed by atoms with Crippen LogP contribution in [0.5, 0.6) is 5.75 Å². The van der Waals surface area contributed by atoms with Crippen LogP contribution in [0.1, 0.15) is 27.7 Å². The third-order valence-electron chi connectivity index (χ3n) is 5.12. The molecule has 1 N–H and O–H groups in total. The van der Waals surface area contributed by atoms with E-state index in [-0.39, 0.29) is 11.2 Å². The molecule has 2 aromatic carbocycles. The van der Waals surface area contributed by atoms with Crippen molar-refractivity contribution in [2.24, 2.45) is 0 Å². The molecule has 0 bridgehead atoms. The van der Waals surface area contributed by atoms with Gasteiger partial charge in [-0.3, -0.25) is 9.89 Å². The predicted octanol–water partition coefficient (Wildman–Crippen LogP) is 4.68. The Bertz CT molecular complexity index is 1060. The van der Waals surface area contributed by atoms with Crippen molar-refractivity contribution in [1.82, 2.24) is 15.1 Å². The third kappa shape index (κ3) is 4.18. The average Bonchev–Trinajstić information content (AvgIpc) is 3.13. The number of benzene rings is 2. The lowest BCUT2D eigenvalue weighted by Gasteiger charge is -2.19. The maximum atomic E-state index is 14.1. The average molecular weight is 429 g/mol. The lowest BCUT2D eigenvalue weighted by atomic mass is 10.1. The second-order valence-electron chi connectivity index (χ2n) is 6.97. The first kappa shape index (κ1) is 20.4. The predicted molar refractivity (Wildman–Crippen MR) is 113 cm³/mol. The fourth-order valence-corrected chi connectivity index (χ4v) is 4.82. The van der Waals surface area contributed by atoms with Crippen LogP contribution in [0.15, 0.2) is 48.5 Å². The number of amides is 1. The number of H-pyrrole nitrogens is 1. The van der Waals surface area contributed by atoms with Gasteiger partial charge in [0.25, 0.3) is 5.91 Å². The summed E-state index contributed by atoms with van der Waals surface area (Å²) in [6, 6.07) is 12.7. The number of nitrogens with zero attached hydrogens (tertiary/aromatic N) is 2. The van der Waals surface area contributed by atoms with Gasteiger partial charge in [-0.1, -0.05) is 12.1 Å². The largest absolute Gasteiger partial charge is 0.496 e. The Morgan fingerprint density at radius 2 is 2.03 bits per heavy atom. The van der Waals surface area contributed by atoms with Gasteiger partial charge in [0, 0.05) is 35.2 Å². The van der Waals surface area contributed by atoms with Crippen LogP contribution < -0.4 is 4.74 Å². The van der Waals surface area contributed by atoms with Crippen molar-refractivity contribution >= 4 is 17.7 Å². The Hall–Kier alpha value is -2.87. The summed E-state index contributed by atoms with van der Waals surface area (Å²) in [6.07, 6.45) is 0.546. The van der Waals surface area contributed by atoms with Crippen LogP contribution in [-0.4, -0.2) is 47.0 Å². The summed E-state index contributed by atoms with van der Waals surface area (Å²) in [5, 5.41) is 6.90. The van der Waals surface area contributed by atoms with Gasteiger partial charge in [-0.2, -0.15) is 16.9 Å². The fourth-order valence-electron chi connectivity index (χ4n) is 3.58. The molecule has 1 fully saturated rings. The summed E-state index contributed by atoms with van der Waals surface area (Å²) in [5.74, 6) is 0.285. The van der Waals surface area contributed by atoms with Crippen LogP contribution in [0, 0.1) is 11.6 Å². The zero-order valence-corrected chi connectivity index (χ0v) is 17.2. The normalized spacial score (nSPS) is 16.9. The SMILES string of the molecule is COc1ccccc1-c1cc(C(=O)N2CCSC(c3cc(F)ccc3F)CC2)[nH]n1. The van der Waals surface area contributed by atoms with E-state index in [4.69, 9.17) is 4.74 Å². The number of carbonyl (C=O) groups is 1. The van der Waals surface area contributed by atoms with Gasteiger partial charge in [0.15, 0.2) is 0 Å². The standard InChI is InChI=1S/C22H21F2N3O2S/c1-29-20-5-3-2-4-15(20)18-13-19(26-25-18)22(28)27-9-8-21(30-11-10-27)16-12-14(23)6-7-17(16)24/h2-7,12-13,21H,8-11H2,1H3,(H,25,26). The van der Waals surface area contributed by atoms with Crippen molar-refractivity contribution < 1.29 is 18.3 Å². The smallest absolute Gasteiger partial charge is 0.271 e. The number of rotatable bonds is 4. The van der Waals surface area contributed by atoms with Crippen molar-refractivity contribution in [3.8, 4) is 17.0 Å². The lowest BCUT2D eigenvalue weighted by molar-refractivity contribution is 0.0760. The van der Waals surface area contributed by atoms with Crippen molar-refractivity contribution in [2.45, 2.75) is 11.7 Å². The zero-order valence-electron chi connectivity index (χ0n) is 16.4.